The number of rotatable bonds is 8. The summed E-state index contributed by atoms with van der Waals surface area (Å²) in [5, 5.41) is 0. The van der Waals surface area contributed by atoms with Crippen LogP contribution in [0.25, 0.3) is 11.3 Å². The van der Waals surface area contributed by atoms with Crippen LogP contribution in [0.15, 0.2) is 36.5 Å². The standard InChI is InChI=1S/C17H23N3O/c1-13(21)8-4-2-7-11-15(18)17-19-12-16(20-17)14-9-5-3-6-10-14/h3,5-6,9-10,12,15H,2,4,7-8,11,18H2,1H3,(H,19,20)/p+1/t15-/m0/s1. The van der Waals surface area contributed by atoms with Gasteiger partial charge in [0.2, 0.25) is 0 Å². The molecule has 0 spiro atoms. The molecular weight excluding hydrogens is 262 g/mol. The number of aromatic amines is 2. The number of Topliss-reactive ketones (excluding diaryl/α,β-unsaturated/α-hetero) is 1. The molecule has 1 aromatic carbocycles. The number of hydrogen-bond donors (Lipinski definition) is 2. The average Bonchev–Trinajstić information content (AvgIpc) is 2.97. The van der Waals surface area contributed by atoms with E-state index < -0.39 is 0 Å². The summed E-state index contributed by atoms with van der Waals surface area (Å²) >= 11 is 0. The highest BCUT2D eigenvalue weighted by Gasteiger charge is 2.16. The second-order valence-electron chi connectivity index (χ2n) is 5.51. The van der Waals surface area contributed by atoms with Crippen molar-refractivity contribution in [1.82, 2.24) is 4.98 Å². The Morgan fingerprint density at radius 1 is 1.24 bits per heavy atom. The maximum atomic E-state index is 10.9. The number of unbranched alkanes of at least 4 members (excludes halogenated alkanes) is 2. The fourth-order valence-corrected chi connectivity index (χ4v) is 2.40. The first-order chi connectivity index (χ1) is 10.2. The third-order valence-electron chi connectivity index (χ3n) is 3.64. The maximum Gasteiger partial charge on any atom is 0.269 e. The Kier molecular flexibility index (Phi) is 5.69. The summed E-state index contributed by atoms with van der Waals surface area (Å²) in [4.78, 5) is 17.4. The predicted molar refractivity (Wildman–Crippen MR) is 83.5 cm³/mol. The third kappa shape index (κ3) is 4.83. The van der Waals surface area contributed by atoms with E-state index in [0.29, 0.717) is 6.42 Å². The largest absolute Gasteiger partial charge is 0.318 e. The summed E-state index contributed by atoms with van der Waals surface area (Å²) in [6.07, 6.45) is 6.62. The van der Waals surface area contributed by atoms with Gasteiger partial charge in [0.15, 0.2) is 5.69 Å². The number of imidazole rings is 1. The fourth-order valence-electron chi connectivity index (χ4n) is 2.40. The molecule has 0 fully saturated rings. The van der Waals surface area contributed by atoms with Gasteiger partial charge < -0.3 is 10.5 Å². The Bertz CT molecular complexity index is 562. The molecule has 0 unspecified atom stereocenters. The van der Waals surface area contributed by atoms with Gasteiger partial charge in [-0.05, 0) is 19.8 Å². The molecule has 0 aliphatic rings. The molecule has 0 aliphatic carbocycles. The summed E-state index contributed by atoms with van der Waals surface area (Å²) in [7, 11) is 0. The zero-order valence-corrected chi connectivity index (χ0v) is 12.6. The van der Waals surface area contributed by atoms with Gasteiger partial charge in [-0.1, -0.05) is 43.2 Å². The minimum absolute atomic E-state index is 0.0141. The van der Waals surface area contributed by atoms with Gasteiger partial charge in [-0.2, -0.15) is 0 Å². The first-order valence-corrected chi connectivity index (χ1v) is 7.58. The number of aromatic nitrogens is 2. The van der Waals surface area contributed by atoms with Gasteiger partial charge in [0.25, 0.3) is 5.82 Å². The monoisotopic (exact) mass is 286 g/mol. The van der Waals surface area contributed by atoms with Crippen LogP contribution < -0.4 is 10.7 Å². The van der Waals surface area contributed by atoms with Gasteiger partial charge in [0.1, 0.15) is 18.0 Å². The van der Waals surface area contributed by atoms with Crippen LogP contribution in [0, 0.1) is 0 Å². The molecule has 1 atom stereocenters. The van der Waals surface area contributed by atoms with Crippen molar-refractivity contribution in [3.63, 3.8) is 0 Å². The number of hydrogen-bond acceptors (Lipinski definition) is 2. The van der Waals surface area contributed by atoms with Crippen molar-refractivity contribution in [2.75, 3.05) is 0 Å². The van der Waals surface area contributed by atoms with E-state index >= 15 is 0 Å². The Hall–Kier alpha value is -1.94. The molecule has 0 amide bonds. The minimum atomic E-state index is -0.0141. The Balaban J connectivity index is 1.82. The molecular formula is C17H24N3O+. The summed E-state index contributed by atoms with van der Waals surface area (Å²) in [5.74, 6) is 1.23. The number of ketones is 1. The van der Waals surface area contributed by atoms with Crippen LogP contribution in [0.1, 0.15) is 50.9 Å². The normalized spacial score (nSPS) is 12.3. The van der Waals surface area contributed by atoms with E-state index in [1.54, 1.807) is 6.92 Å². The number of nitrogens with two attached hydrogens (primary N) is 1. The van der Waals surface area contributed by atoms with Crippen molar-refractivity contribution < 1.29 is 9.78 Å². The smallest absolute Gasteiger partial charge is 0.269 e. The van der Waals surface area contributed by atoms with Crippen LogP contribution in [-0.2, 0) is 4.79 Å². The Morgan fingerprint density at radius 3 is 2.71 bits per heavy atom. The molecule has 0 aliphatic heterocycles. The van der Waals surface area contributed by atoms with E-state index in [4.69, 9.17) is 5.73 Å². The van der Waals surface area contributed by atoms with Crippen molar-refractivity contribution >= 4 is 5.78 Å². The van der Waals surface area contributed by atoms with E-state index in [0.717, 1.165) is 42.8 Å². The van der Waals surface area contributed by atoms with Crippen molar-refractivity contribution in [3.8, 4) is 11.3 Å². The number of carbonyl (C=O) groups excluding carboxylic acids is 1. The highest BCUT2D eigenvalue weighted by molar-refractivity contribution is 5.75. The molecule has 1 heterocycles. The van der Waals surface area contributed by atoms with Crippen LogP contribution in [0.3, 0.4) is 0 Å². The Morgan fingerprint density at radius 2 is 2.00 bits per heavy atom. The number of benzene rings is 1. The highest BCUT2D eigenvalue weighted by Crippen LogP contribution is 2.18. The van der Waals surface area contributed by atoms with Crippen LogP contribution in [0.2, 0.25) is 0 Å². The van der Waals surface area contributed by atoms with E-state index in [1.807, 2.05) is 24.4 Å². The summed E-state index contributed by atoms with van der Waals surface area (Å²) in [5.41, 5.74) is 8.40. The molecule has 2 aromatic rings. The van der Waals surface area contributed by atoms with Crippen LogP contribution in [0.5, 0.6) is 0 Å². The Labute approximate surface area is 125 Å². The van der Waals surface area contributed by atoms with Crippen molar-refractivity contribution in [1.29, 1.82) is 0 Å². The molecule has 0 saturated carbocycles. The second kappa shape index (κ2) is 7.74. The molecule has 0 radical (unpaired) electrons. The molecule has 4 N–H and O–H groups in total. The lowest BCUT2D eigenvalue weighted by Gasteiger charge is -2.04. The lowest BCUT2D eigenvalue weighted by molar-refractivity contribution is -0.391. The van der Waals surface area contributed by atoms with Gasteiger partial charge in [-0.3, -0.25) is 0 Å². The van der Waals surface area contributed by atoms with E-state index in [-0.39, 0.29) is 11.8 Å². The lowest BCUT2D eigenvalue weighted by atomic mass is 10.1. The van der Waals surface area contributed by atoms with Gasteiger partial charge >= 0.3 is 0 Å². The van der Waals surface area contributed by atoms with Crippen molar-refractivity contribution in [2.24, 2.45) is 5.73 Å². The SMILES string of the molecule is CC(=O)CCCCC[C@H](N)c1[nH]c(-c2ccccc2)c[nH+]1. The lowest BCUT2D eigenvalue weighted by Crippen LogP contribution is -2.19. The quantitative estimate of drug-likeness (QED) is 0.732. The summed E-state index contributed by atoms with van der Waals surface area (Å²) in [6.45, 7) is 1.64. The summed E-state index contributed by atoms with van der Waals surface area (Å²) < 4.78 is 0. The average molecular weight is 286 g/mol. The second-order valence-corrected chi connectivity index (χ2v) is 5.51. The molecule has 2 rings (SSSR count). The number of carbonyl (C=O) groups is 1. The van der Waals surface area contributed by atoms with Gasteiger partial charge in [0.05, 0.1) is 0 Å². The molecule has 21 heavy (non-hydrogen) atoms. The third-order valence-corrected chi connectivity index (χ3v) is 3.64. The molecule has 0 saturated heterocycles. The fraction of sp³-hybridized carbons (Fsp3) is 0.412. The van der Waals surface area contributed by atoms with Gasteiger partial charge in [-0.25, -0.2) is 9.97 Å². The topological polar surface area (TPSA) is 73.0 Å². The summed E-state index contributed by atoms with van der Waals surface area (Å²) in [6, 6.07) is 10.2. The van der Waals surface area contributed by atoms with Crippen LogP contribution in [0.4, 0.5) is 0 Å². The predicted octanol–water partition coefficient (Wildman–Crippen LogP) is 3.04. The van der Waals surface area contributed by atoms with E-state index in [2.05, 4.69) is 22.1 Å². The van der Waals surface area contributed by atoms with Crippen LogP contribution >= 0.6 is 0 Å². The zero-order valence-electron chi connectivity index (χ0n) is 12.6. The van der Waals surface area contributed by atoms with Gasteiger partial charge in [-0.15, -0.1) is 0 Å². The molecule has 112 valence electrons. The van der Waals surface area contributed by atoms with E-state index in [9.17, 15) is 4.79 Å². The molecule has 0 bridgehead atoms. The molecule has 1 aromatic heterocycles. The number of nitrogens with one attached hydrogen (secondary N) is 2. The zero-order chi connectivity index (χ0) is 15.1. The maximum absolute atomic E-state index is 10.9. The first kappa shape index (κ1) is 15.4. The van der Waals surface area contributed by atoms with Gasteiger partial charge in [0, 0.05) is 12.0 Å². The first-order valence-electron chi connectivity index (χ1n) is 7.58. The van der Waals surface area contributed by atoms with Crippen LogP contribution in [-0.4, -0.2) is 10.8 Å². The van der Waals surface area contributed by atoms with E-state index in [1.165, 1.54) is 0 Å². The van der Waals surface area contributed by atoms with Crippen molar-refractivity contribution in [2.45, 2.75) is 45.1 Å². The van der Waals surface area contributed by atoms with Crippen molar-refractivity contribution in [3.05, 3.63) is 42.4 Å². The number of H-pyrrole nitrogens is 2. The molecule has 4 heteroatoms. The molecule has 4 nitrogen and oxygen atoms in total. The highest BCUT2D eigenvalue weighted by atomic mass is 16.1. The minimum Gasteiger partial charge on any atom is -0.318 e.